The number of halogens is 2. The fourth-order valence-corrected chi connectivity index (χ4v) is 3.01. The summed E-state index contributed by atoms with van der Waals surface area (Å²) in [6.07, 6.45) is 3.47. The smallest absolute Gasteiger partial charge is 0.272 e. The van der Waals surface area contributed by atoms with E-state index < -0.39 is 4.92 Å². The molecule has 110 valence electrons. The quantitative estimate of drug-likeness (QED) is 0.641. The predicted octanol–water partition coefficient (Wildman–Crippen LogP) is 3.70. The van der Waals surface area contributed by atoms with Crippen molar-refractivity contribution in [3.8, 4) is 0 Å². The van der Waals surface area contributed by atoms with Gasteiger partial charge in [-0.25, -0.2) is 0 Å². The molecule has 1 aromatic rings. The number of hydrogen-bond donors (Lipinski definition) is 2. The zero-order valence-electron chi connectivity index (χ0n) is 11.0. The molecule has 7 heteroatoms. The van der Waals surface area contributed by atoms with E-state index >= 15 is 0 Å². The molecule has 0 aromatic heterocycles. The van der Waals surface area contributed by atoms with E-state index in [0.29, 0.717) is 11.6 Å². The highest BCUT2D eigenvalue weighted by Gasteiger charge is 2.16. The van der Waals surface area contributed by atoms with E-state index in [0.717, 1.165) is 26.1 Å². The largest absolute Gasteiger partial charge is 0.383 e. The van der Waals surface area contributed by atoms with Crippen LogP contribution < -0.4 is 10.6 Å². The second kappa shape index (κ2) is 7.11. The van der Waals surface area contributed by atoms with Gasteiger partial charge < -0.3 is 10.6 Å². The molecule has 0 saturated carbocycles. The lowest BCUT2D eigenvalue weighted by molar-refractivity contribution is -0.384. The molecule has 0 bridgehead atoms. The van der Waals surface area contributed by atoms with Gasteiger partial charge in [0.05, 0.1) is 20.7 Å². The number of nitro groups is 1. The van der Waals surface area contributed by atoms with Crippen LogP contribution in [0.15, 0.2) is 12.1 Å². The summed E-state index contributed by atoms with van der Waals surface area (Å²) in [6.45, 7) is 2.90. The molecule has 1 fully saturated rings. The molecule has 1 heterocycles. The van der Waals surface area contributed by atoms with Crippen LogP contribution in [0.25, 0.3) is 0 Å². The Bertz CT molecular complexity index is 467. The minimum atomic E-state index is -0.505. The molecule has 1 unspecified atom stereocenters. The van der Waals surface area contributed by atoms with Gasteiger partial charge in [0.15, 0.2) is 0 Å². The molecule has 1 aromatic carbocycles. The molecule has 1 aliphatic rings. The van der Waals surface area contributed by atoms with Crippen molar-refractivity contribution < 1.29 is 4.92 Å². The zero-order chi connectivity index (χ0) is 14.5. The first-order valence-electron chi connectivity index (χ1n) is 6.66. The molecule has 1 aliphatic heterocycles. The van der Waals surface area contributed by atoms with E-state index in [1.807, 2.05) is 0 Å². The summed E-state index contributed by atoms with van der Waals surface area (Å²) in [5.74, 6) is 0.659. The van der Waals surface area contributed by atoms with Crippen LogP contribution in [0, 0.1) is 16.0 Å². The monoisotopic (exact) mass is 317 g/mol. The number of benzene rings is 1. The Hall–Kier alpha value is -1.04. The lowest BCUT2D eigenvalue weighted by Crippen LogP contribution is -2.30. The van der Waals surface area contributed by atoms with Crippen molar-refractivity contribution in [3.63, 3.8) is 0 Å². The highest BCUT2D eigenvalue weighted by Crippen LogP contribution is 2.34. The van der Waals surface area contributed by atoms with E-state index in [-0.39, 0.29) is 15.7 Å². The van der Waals surface area contributed by atoms with E-state index in [1.54, 1.807) is 0 Å². The molecule has 2 N–H and O–H groups in total. The molecule has 5 nitrogen and oxygen atoms in total. The van der Waals surface area contributed by atoms with Gasteiger partial charge in [0.25, 0.3) is 5.69 Å². The Labute approximate surface area is 127 Å². The van der Waals surface area contributed by atoms with Gasteiger partial charge in [-0.05, 0) is 38.3 Å². The molecule has 2 rings (SSSR count). The summed E-state index contributed by atoms with van der Waals surface area (Å²) >= 11 is 12.1. The van der Waals surface area contributed by atoms with Gasteiger partial charge in [0.2, 0.25) is 0 Å². The summed E-state index contributed by atoms with van der Waals surface area (Å²) in [7, 11) is 0. The summed E-state index contributed by atoms with van der Waals surface area (Å²) in [5, 5.41) is 17.8. The van der Waals surface area contributed by atoms with Crippen LogP contribution in [0.5, 0.6) is 0 Å². The fourth-order valence-electron chi connectivity index (χ4n) is 2.41. The van der Waals surface area contributed by atoms with E-state index in [2.05, 4.69) is 10.6 Å². The van der Waals surface area contributed by atoms with Crippen molar-refractivity contribution >= 4 is 34.6 Å². The second-order valence-electron chi connectivity index (χ2n) is 4.97. The summed E-state index contributed by atoms with van der Waals surface area (Å²) < 4.78 is 0. The average molecular weight is 318 g/mol. The summed E-state index contributed by atoms with van der Waals surface area (Å²) in [5.41, 5.74) is 0.477. The molecular formula is C13H17Cl2N3O2. The van der Waals surface area contributed by atoms with Gasteiger partial charge in [-0.3, -0.25) is 10.1 Å². The van der Waals surface area contributed by atoms with Crippen LogP contribution in [-0.4, -0.2) is 24.6 Å². The molecular weight excluding hydrogens is 301 g/mol. The maximum absolute atomic E-state index is 10.7. The van der Waals surface area contributed by atoms with E-state index in [1.165, 1.54) is 25.0 Å². The lowest BCUT2D eigenvalue weighted by Gasteiger charge is -2.23. The summed E-state index contributed by atoms with van der Waals surface area (Å²) in [4.78, 5) is 10.2. The molecule has 0 spiro atoms. The van der Waals surface area contributed by atoms with Crippen molar-refractivity contribution in [1.29, 1.82) is 0 Å². The number of nitro benzene ring substituents is 1. The maximum atomic E-state index is 10.7. The minimum absolute atomic E-state index is 0.0953. The maximum Gasteiger partial charge on any atom is 0.272 e. The Morgan fingerprint density at radius 1 is 1.40 bits per heavy atom. The first kappa shape index (κ1) is 15.4. The lowest BCUT2D eigenvalue weighted by atomic mass is 9.96. The van der Waals surface area contributed by atoms with E-state index in [4.69, 9.17) is 23.2 Å². The van der Waals surface area contributed by atoms with Crippen molar-refractivity contribution in [1.82, 2.24) is 5.32 Å². The third-order valence-electron chi connectivity index (χ3n) is 3.49. The zero-order valence-corrected chi connectivity index (χ0v) is 12.5. The number of anilines is 1. The average Bonchev–Trinajstić information content (AvgIpc) is 2.42. The van der Waals surface area contributed by atoms with Crippen molar-refractivity contribution in [3.05, 3.63) is 32.3 Å². The topological polar surface area (TPSA) is 67.2 Å². The Morgan fingerprint density at radius 2 is 2.10 bits per heavy atom. The van der Waals surface area contributed by atoms with Gasteiger partial charge in [-0.15, -0.1) is 0 Å². The number of rotatable bonds is 5. The third-order valence-corrected chi connectivity index (χ3v) is 4.09. The van der Waals surface area contributed by atoms with Crippen molar-refractivity contribution in [2.45, 2.75) is 19.3 Å². The SMILES string of the molecule is O=[N+]([O-])c1cc(Cl)c(NCCC2CCCNC2)c(Cl)c1. The first-order valence-corrected chi connectivity index (χ1v) is 7.41. The van der Waals surface area contributed by atoms with Crippen LogP contribution in [-0.2, 0) is 0 Å². The number of nitrogens with one attached hydrogen (secondary N) is 2. The number of hydrogen-bond acceptors (Lipinski definition) is 4. The molecule has 0 radical (unpaired) electrons. The van der Waals surface area contributed by atoms with Crippen molar-refractivity contribution in [2.24, 2.45) is 5.92 Å². The molecule has 1 saturated heterocycles. The molecule has 0 aliphatic carbocycles. The van der Waals surface area contributed by atoms with Crippen LogP contribution >= 0.6 is 23.2 Å². The number of piperidine rings is 1. The normalized spacial score (nSPS) is 18.8. The molecule has 1 atom stereocenters. The number of non-ortho nitro benzene ring substituents is 1. The fraction of sp³-hybridized carbons (Fsp3) is 0.538. The van der Waals surface area contributed by atoms with Crippen LogP contribution in [0.4, 0.5) is 11.4 Å². The van der Waals surface area contributed by atoms with Crippen LogP contribution in [0.2, 0.25) is 10.0 Å². The van der Waals surface area contributed by atoms with E-state index in [9.17, 15) is 10.1 Å². The Kier molecular flexibility index (Phi) is 5.46. The summed E-state index contributed by atoms with van der Waals surface area (Å²) in [6, 6.07) is 2.63. The predicted molar refractivity (Wildman–Crippen MR) is 81.8 cm³/mol. The minimum Gasteiger partial charge on any atom is -0.383 e. The molecule has 0 amide bonds. The van der Waals surface area contributed by atoms with Gasteiger partial charge in [-0.1, -0.05) is 23.2 Å². The third kappa shape index (κ3) is 3.98. The molecule has 20 heavy (non-hydrogen) atoms. The number of nitrogens with zero attached hydrogens (tertiary/aromatic N) is 1. The van der Waals surface area contributed by atoms with Gasteiger partial charge in [0, 0.05) is 18.7 Å². The van der Waals surface area contributed by atoms with Crippen LogP contribution in [0.3, 0.4) is 0 Å². The highest BCUT2D eigenvalue weighted by atomic mass is 35.5. The van der Waals surface area contributed by atoms with Gasteiger partial charge in [-0.2, -0.15) is 0 Å². The van der Waals surface area contributed by atoms with Gasteiger partial charge in [0.1, 0.15) is 0 Å². The Morgan fingerprint density at radius 3 is 2.65 bits per heavy atom. The standard InChI is InChI=1S/C13H17Cl2N3O2/c14-11-6-10(18(19)20)7-12(15)13(11)17-5-3-9-2-1-4-16-8-9/h6-7,9,16-17H,1-5,8H2. The first-order chi connectivity index (χ1) is 9.58. The second-order valence-corrected chi connectivity index (χ2v) is 5.78. The Balaban J connectivity index is 1.93. The van der Waals surface area contributed by atoms with Gasteiger partial charge >= 0.3 is 0 Å². The van der Waals surface area contributed by atoms with Crippen molar-refractivity contribution in [2.75, 3.05) is 25.0 Å². The highest BCUT2D eigenvalue weighted by molar-refractivity contribution is 6.39. The van der Waals surface area contributed by atoms with Crippen LogP contribution in [0.1, 0.15) is 19.3 Å².